The number of hydrogen-bond donors (Lipinski definition) is 4. The Balaban J connectivity index is 2.26. The van der Waals surface area contributed by atoms with Crippen LogP contribution in [0.15, 0.2) is 24.3 Å². The number of phenolic OH excluding ortho intramolecular Hbond substituents is 4. The lowest BCUT2D eigenvalue weighted by atomic mass is 9.96. The molecule has 0 bridgehead atoms. The number of Topliss-reactive ketones (excluding diaryl/α,β-unsaturated/α-hetero) is 2. The molecule has 0 fully saturated rings. The molecule has 6 nitrogen and oxygen atoms in total. The molecule has 1 aliphatic rings. The molecule has 0 atom stereocenters. The fraction of sp³-hybridized carbons (Fsp3) is 0. The van der Waals surface area contributed by atoms with Crippen molar-refractivity contribution in [3.63, 3.8) is 0 Å². The average molecular weight is 322 g/mol. The molecule has 1 aliphatic carbocycles. The van der Waals surface area contributed by atoms with Gasteiger partial charge in [-0.2, -0.15) is 0 Å². The Morgan fingerprint density at radius 3 is 2.00 bits per heavy atom. The third-order valence-electron chi connectivity index (χ3n) is 4.17. The van der Waals surface area contributed by atoms with Crippen LogP contribution in [0.25, 0.3) is 33.7 Å². The third kappa shape index (κ3) is 1.77. The molecule has 3 aromatic rings. The van der Waals surface area contributed by atoms with Gasteiger partial charge in [0.15, 0.2) is 11.5 Å². The molecule has 0 saturated carbocycles. The summed E-state index contributed by atoms with van der Waals surface area (Å²) in [7, 11) is 0. The van der Waals surface area contributed by atoms with Crippen LogP contribution in [0.5, 0.6) is 23.0 Å². The quantitative estimate of drug-likeness (QED) is 0.273. The van der Waals surface area contributed by atoms with Gasteiger partial charge in [-0.25, -0.2) is 0 Å². The van der Waals surface area contributed by atoms with Crippen molar-refractivity contribution in [1.82, 2.24) is 0 Å². The van der Waals surface area contributed by atoms with Gasteiger partial charge >= 0.3 is 0 Å². The molecule has 0 saturated heterocycles. The van der Waals surface area contributed by atoms with Crippen LogP contribution in [0, 0.1) is 0 Å². The van der Waals surface area contributed by atoms with E-state index >= 15 is 0 Å². The Labute approximate surface area is 133 Å². The zero-order chi connectivity index (χ0) is 17.2. The first kappa shape index (κ1) is 14.1. The summed E-state index contributed by atoms with van der Waals surface area (Å²) in [6, 6.07) is 5.48. The Kier molecular flexibility index (Phi) is 2.63. The van der Waals surface area contributed by atoms with Crippen LogP contribution in [-0.2, 0) is 9.59 Å². The summed E-state index contributed by atoms with van der Waals surface area (Å²) in [5.74, 6) is -2.65. The molecule has 0 spiro atoms. The number of benzene rings is 3. The SMILES string of the molecule is O=C1C=c2cc3c(O)c4cc(O)c(O)cc4cc3c(O)c2=CC1=O. The summed E-state index contributed by atoms with van der Waals surface area (Å²) < 4.78 is 0. The molecule has 118 valence electrons. The van der Waals surface area contributed by atoms with Crippen molar-refractivity contribution < 1.29 is 30.0 Å². The van der Waals surface area contributed by atoms with Gasteiger partial charge in [0.05, 0.1) is 0 Å². The predicted molar refractivity (Wildman–Crippen MR) is 86.3 cm³/mol. The normalized spacial score (nSPS) is 13.7. The van der Waals surface area contributed by atoms with Gasteiger partial charge in [-0.05, 0) is 40.9 Å². The Morgan fingerprint density at radius 1 is 0.625 bits per heavy atom. The highest BCUT2D eigenvalue weighted by Gasteiger charge is 2.18. The van der Waals surface area contributed by atoms with Crippen molar-refractivity contribution in [2.75, 3.05) is 0 Å². The van der Waals surface area contributed by atoms with E-state index < -0.39 is 11.6 Å². The molecule has 0 aromatic heterocycles. The van der Waals surface area contributed by atoms with Crippen LogP contribution in [0.3, 0.4) is 0 Å². The first-order chi connectivity index (χ1) is 11.4. The van der Waals surface area contributed by atoms with Gasteiger partial charge in [0.2, 0.25) is 11.6 Å². The second kappa shape index (κ2) is 4.48. The Bertz CT molecular complexity index is 1220. The molecule has 3 aromatic carbocycles. The largest absolute Gasteiger partial charge is 0.507 e. The van der Waals surface area contributed by atoms with E-state index in [4.69, 9.17) is 0 Å². The van der Waals surface area contributed by atoms with Crippen LogP contribution in [0.1, 0.15) is 0 Å². The summed E-state index contributed by atoms with van der Waals surface area (Å²) in [5, 5.41) is 41.9. The fourth-order valence-electron chi connectivity index (χ4n) is 2.97. The zero-order valence-electron chi connectivity index (χ0n) is 12.1. The first-order valence-electron chi connectivity index (χ1n) is 7.02. The number of fused-ring (bicyclic) bond motifs is 3. The van der Waals surface area contributed by atoms with E-state index in [-0.39, 0.29) is 44.4 Å². The highest BCUT2D eigenvalue weighted by molar-refractivity contribution is 6.57. The lowest BCUT2D eigenvalue weighted by molar-refractivity contribution is -0.129. The maximum Gasteiger partial charge on any atom is 0.226 e. The topological polar surface area (TPSA) is 115 Å². The summed E-state index contributed by atoms with van der Waals surface area (Å²) in [6.07, 6.45) is 2.16. The van der Waals surface area contributed by atoms with Gasteiger partial charge < -0.3 is 20.4 Å². The second-order valence-electron chi connectivity index (χ2n) is 5.63. The minimum absolute atomic E-state index is 0.203. The fourth-order valence-corrected chi connectivity index (χ4v) is 2.97. The van der Waals surface area contributed by atoms with Crippen LogP contribution < -0.4 is 10.4 Å². The summed E-state index contributed by atoms with van der Waals surface area (Å²) in [6.45, 7) is 0. The van der Waals surface area contributed by atoms with Crippen molar-refractivity contribution in [2.24, 2.45) is 0 Å². The molecule has 6 heteroatoms. The third-order valence-corrected chi connectivity index (χ3v) is 4.17. The standard InChI is InChI=1S/C18H10O6/c19-13-3-7-1-11-12(18(24)9(7)5-15(13)21)2-8-4-14(20)16(22)6-10(8)17(11)23/h1-6,19,21,23-24H. The molecule has 24 heavy (non-hydrogen) atoms. The van der Waals surface area contributed by atoms with Gasteiger partial charge in [0, 0.05) is 27.5 Å². The molecule has 0 amide bonds. The van der Waals surface area contributed by atoms with Crippen molar-refractivity contribution in [2.45, 2.75) is 0 Å². The summed E-state index contributed by atoms with van der Waals surface area (Å²) in [4.78, 5) is 23.1. The molecule has 0 heterocycles. The maximum absolute atomic E-state index is 11.5. The van der Waals surface area contributed by atoms with Crippen LogP contribution >= 0.6 is 0 Å². The summed E-state index contributed by atoms with van der Waals surface area (Å²) in [5.41, 5.74) is 0. The minimum Gasteiger partial charge on any atom is -0.507 e. The van der Waals surface area contributed by atoms with E-state index in [2.05, 4.69) is 0 Å². The van der Waals surface area contributed by atoms with Crippen LogP contribution in [-0.4, -0.2) is 32.0 Å². The molecule has 4 N–H and O–H groups in total. The highest BCUT2D eigenvalue weighted by atomic mass is 16.3. The number of phenols is 4. The highest BCUT2D eigenvalue weighted by Crippen LogP contribution is 2.40. The molecule has 0 aliphatic heterocycles. The Hall–Kier alpha value is -3.54. The van der Waals surface area contributed by atoms with Gasteiger partial charge in [-0.15, -0.1) is 0 Å². The Morgan fingerprint density at radius 2 is 1.25 bits per heavy atom. The van der Waals surface area contributed by atoms with Gasteiger partial charge in [0.1, 0.15) is 11.5 Å². The first-order valence-corrected chi connectivity index (χ1v) is 7.02. The number of rotatable bonds is 0. The van der Waals surface area contributed by atoms with Crippen molar-refractivity contribution in [3.05, 3.63) is 34.7 Å². The van der Waals surface area contributed by atoms with E-state index in [1.165, 1.54) is 24.3 Å². The molecular formula is C18H10O6. The van der Waals surface area contributed by atoms with E-state index in [0.717, 1.165) is 12.2 Å². The van der Waals surface area contributed by atoms with Crippen molar-refractivity contribution in [1.29, 1.82) is 0 Å². The van der Waals surface area contributed by atoms with Crippen LogP contribution in [0.4, 0.5) is 0 Å². The van der Waals surface area contributed by atoms with E-state index in [1.54, 1.807) is 0 Å². The van der Waals surface area contributed by atoms with Crippen LogP contribution in [0.2, 0.25) is 0 Å². The number of carbonyl (C=O) groups is 2. The number of carbonyl (C=O) groups excluding carboxylic acids is 2. The monoisotopic (exact) mass is 322 g/mol. The van der Waals surface area contributed by atoms with E-state index in [1.807, 2.05) is 0 Å². The van der Waals surface area contributed by atoms with Gasteiger partial charge in [-0.1, -0.05) is 0 Å². The zero-order valence-corrected chi connectivity index (χ0v) is 12.1. The van der Waals surface area contributed by atoms with Gasteiger partial charge in [-0.3, -0.25) is 9.59 Å². The van der Waals surface area contributed by atoms with Gasteiger partial charge in [0.25, 0.3) is 0 Å². The van der Waals surface area contributed by atoms with Crippen molar-refractivity contribution >= 4 is 45.3 Å². The molecule has 4 rings (SSSR count). The molecular weight excluding hydrogens is 312 g/mol. The number of hydrogen-bond acceptors (Lipinski definition) is 6. The maximum atomic E-state index is 11.5. The van der Waals surface area contributed by atoms with E-state index in [9.17, 15) is 30.0 Å². The smallest absolute Gasteiger partial charge is 0.226 e. The minimum atomic E-state index is -0.732. The number of ketones is 2. The number of aromatic hydroxyl groups is 4. The van der Waals surface area contributed by atoms with Crippen molar-refractivity contribution in [3.8, 4) is 23.0 Å². The lowest BCUT2D eigenvalue weighted by Crippen LogP contribution is -2.33. The summed E-state index contributed by atoms with van der Waals surface area (Å²) >= 11 is 0. The lowest BCUT2D eigenvalue weighted by Gasteiger charge is -2.11. The second-order valence-corrected chi connectivity index (χ2v) is 5.63. The average Bonchev–Trinajstić information content (AvgIpc) is 2.53. The van der Waals surface area contributed by atoms with E-state index in [0.29, 0.717) is 10.6 Å². The molecule has 0 radical (unpaired) electrons. The molecule has 0 unspecified atom stereocenters. The predicted octanol–water partition coefficient (Wildman–Crippen LogP) is 0.528.